The molecule has 0 amide bonds. The maximum Gasteiger partial charge on any atom is 0.133 e. The molecule has 1 heterocycles. The van der Waals surface area contributed by atoms with Gasteiger partial charge >= 0.3 is 0 Å². The van der Waals surface area contributed by atoms with Gasteiger partial charge in [0, 0.05) is 18.1 Å². The molecular weight excluding hydrogens is 224 g/mol. The van der Waals surface area contributed by atoms with E-state index in [1.54, 1.807) is 18.3 Å². The van der Waals surface area contributed by atoms with Crippen molar-refractivity contribution in [3.05, 3.63) is 30.5 Å². The standard InChI is InChI=1S/C15H20N2O/c1-4-15(2,3)10-17-14-13-9-12(18)6-5-11(13)7-8-16-14/h5-9,18H,4,10H2,1-3H3,(H,16,17). The minimum Gasteiger partial charge on any atom is -0.508 e. The van der Waals surface area contributed by atoms with E-state index in [0.717, 1.165) is 29.6 Å². The quantitative estimate of drug-likeness (QED) is 0.860. The second-order valence-corrected chi connectivity index (χ2v) is 5.44. The zero-order chi connectivity index (χ0) is 13.2. The summed E-state index contributed by atoms with van der Waals surface area (Å²) in [6.07, 6.45) is 2.90. The monoisotopic (exact) mass is 244 g/mol. The van der Waals surface area contributed by atoms with Crippen LogP contribution >= 0.6 is 0 Å². The Hall–Kier alpha value is -1.77. The highest BCUT2D eigenvalue weighted by molar-refractivity contribution is 5.92. The van der Waals surface area contributed by atoms with E-state index in [2.05, 4.69) is 31.1 Å². The predicted octanol–water partition coefficient (Wildman–Crippen LogP) is 3.79. The van der Waals surface area contributed by atoms with Crippen LogP contribution in [-0.4, -0.2) is 16.6 Å². The first-order valence-electron chi connectivity index (χ1n) is 6.33. The number of anilines is 1. The fourth-order valence-electron chi connectivity index (χ4n) is 1.75. The van der Waals surface area contributed by atoms with E-state index in [0.29, 0.717) is 0 Å². The number of hydrogen-bond acceptors (Lipinski definition) is 3. The molecule has 3 nitrogen and oxygen atoms in total. The number of nitrogens with zero attached hydrogens (tertiary/aromatic N) is 1. The molecule has 0 aliphatic heterocycles. The molecule has 2 N–H and O–H groups in total. The maximum atomic E-state index is 9.57. The zero-order valence-corrected chi connectivity index (χ0v) is 11.2. The van der Waals surface area contributed by atoms with E-state index >= 15 is 0 Å². The first-order valence-corrected chi connectivity index (χ1v) is 6.33. The molecule has 0 spiro atoms. The predicted molar refractivity (Wildman–Crippen MR) is 76.0 cm³/mol. The van der Waals surface area contributed by atoms with Crippen molar-refractivity contribution in [2.45, 2.75) is 27.2 Å². The Morgan fingerprint density at radius 2 is 2.06 bits per heavy atom. The van der Waals surface area contributed by atoms with Crippen LogP contribution in [0.5, 0.6) is 5.75 Å². The van der Waals surface area contributed by atoms with E-state index < -0.39 is 0 Å². The number of pyridine rings is 1. The summed E-state index contributed by atoms with van der Waals surface area (Å²) in [5.74, 6) is 1.11. The Morgan fingerprint density at radius 1 is 1.28 bits per heavy atom. The molecule has 0 saturated carbocycles. The molecule has 96 valence electrons. The average molecular weight is 244 g/mol. The van der Waals surface area contributed by atoms with Crippen molar-refractivity contribution in [3.8, 4) is 5.75 Å². The van der Waals surface area contributed by atoms with E-state index in [1.807, 2.05) is 12.1 Å². The lowest BCUT2D eigenvalue weighted by Crippen LogP contribution is -2.22. The Morgan fingerprint density at radius 3 is 2.78 bits per heavy atom. The van der Waals surface area contributed by atoms with Crippen molar-refractivity contribution in [1.29, 1.82) is 0 Å². The normalized spacial score (nSPS) is 11.7. The van der Waals surface area contributed by atoms with Crippen LogP contribution in [0.15, 0.2) is 30.5 Å². The van der Waals surface area contributed by atoms with E-state index in [4.69, 9.17) is 0 Å². The van der Waals surface area contributed by atoms with Gasteiger partial charge in [-0.2, -0.15) is 0 Å². The summed E-state index contributed by atoms with van der Waals surface area (Å²) in [5.41, 5.74) is 0.237. The number of aromatic hydroxyl groups is 1. The third-order valence-corrected chi connectivity index (χ3v) is 3.44. The Kier molecular flexibility index (Phi) is 3.41. The molecule has 0 radical (unpaired) electrons. The van der Waals surface area contributed by atoms with Gasteiger partial charge in [0.25, 0.3) is 0 Å². The number of rotatable bonds is 4. The molecule has 0 aliphatic rings. The molecule has 1 aromatic heterocycles. The summed E-state index contributed by atoms with van der Waals surface area (Å²) < 4.78 is 0. The Labute approximate surface area is 108 Å². The molecule has 2 aromatic rings. The number of nitrogens with one attached hydrogen (secondary N) is 1. The van der Waals surface area contributed by atoms with Gasteiger partial charge in [0.1, 0.15) is 11.6 Å². The van der Waals surface area contributed by atoms with Gasteiger partial charge in [-0.25, -0.2) is 4.98 Å². The molecule has 0 fully saturated rings. The van der Waals surface area contributed by atoms with Crippen LogP contribution < -0.4 is 5.32 Å². The summed E-state index contributed by atoms with van der Waals surface area (Å²) in [6, 6.07) is 7.30. The lowest BCUT2D eigenvalue weighted by molar-refractivity contribution is 0.376. The smallest absolute Gasteiger partial charge is 0.133 e. The molecule has 0 atom stereocenters. The molecule has 18 heavy (non-hydrogen) atoms. The second kappa shape index (κ2) is 4.84. The van der Waals surface area contributed by atoms with Crippen LogP contribution in [0.2, 0.25) is 0 Å². The summed E-state index contributed by atoms with van der Waals surface area (Å²) in [6.45, 7) is 7.50. The largest absolute Gasteiger partial charge is 0.508 e. The Balaban J connectivity index is 2.30. The highest BCUT2D eigenvalue weighted by Crippen LogP contribution is 2.27. The first-order chi connectivity index (χ1) is 8.52. The van der Waals surface area contributed by atoms with E-state index in [-0.39, 0.29) is 11.2 Å². The van der Waals surface area contributed by atoms with Crippen LogP contribution in [0.4, 0.5) is 5.82 Å². The van der Waals surface area contributed by atoms with E-state index in [1.165, 1.54) is 0 Å². The van der Waals surface area contributed by atoms with Crippen LogP contribution in [0.25, 0.3) is 10.8 Å². The number of phenolic OH excluding ortho intramolecular Hbond substituents is 1. The van der Waals surface area contributed by atoms with Crippen molar-refractivity contribution in [2.24, 2.45) is 5.41 Å². The van der Waals surface area contributed by atoms with Gasteiger partial charge in [0.05, 0.1) is 0 Å². The van der Waals surface area contributed by atoms with Crippen molar-refractivity contribution >= 4 is 16.6 Å². The third kappa shape index (κ3) is 2.73. The summed E-state index contributed by atoms with van der Waals surface area (Å²) >= 11 is 0. The fourth-order valence-corrected chi connectivity index (χ4v) is 1.75. The molecule has 0 aliphatic carbocycles. The number of fused-ring (bicyclic) bond motifs is 1. The summed E-state index contributed by atoms with van der Waals surface area (Å²) in [4.78, 5) is 4.36. The van der Waals surface area contributed by atoms with Gasteiger partial charge in [-0.15, -0.1) is 0 Å². The minimum atomic E-state index is 0.237. The van der Waals surface area contributed by atoms with Crippen molar-refractivity contribution in [2.75, 3.05) is 11.9 Å². The molecule has 0 unspecified atom stereocenters. The highest BCUT2D eigenvalue weighted by Gasteiger charge is 2.15. The SMILES string of the molecule is CCC(C)(C)CNc1nccc2ccc(O)cc12. The van der Waals surface area contributed by atoms with Gasteiger partial charge in [0.15, 0.2) is 0 Å². The van der Waals surface area contributed by atoms with Crippen LogP contribution in [0, 0.1) is 5.41 Å². The lowest BCUT2D eigenvalue weighted by Gasteiger charge is -2.23. The fraction of sp³-hybridized carbons (Fsp3) is 0.400. The highest BCUT2D eigenvalue weighted by atomic mass is 16.3. The molecule has 0 saturated heterocycles. The molecule has 0 bridgehead atoms. The number of benzene rings is 1. The minimum absolute atomic E-state index is 0.237. The maximum absolute atomic E-state index is 9.57. The number of hydrogen-bond donors (Lipinski definition) is 2. The van der Waals surface area contributed by atoms with Crippen molar-refractivity contribution in [1.82, 2.24) is 4.98 Å². The van der Waals surface area contributed by atoms with Gasteiger partial charge in [0.2, 0.25) is 0 Å². The summed E-state index contributed by atoms with van der Waals surface area (Å²) in [5, 5.41) is 15.0. The van der Waals surface area contributed by atoms with Crippen molar-refractivity contribution < 1.29 is 5.11 Å². The van der Waals surface area contributed by atoms with Crippen LogP contribution in [0.3, 0.4) is 0 Å². The second-order valence-electron chi connectivity index (χ2n) is 5.44. The molecular formula is C15H20N2O. The molecule has 1 aromatic carbocycles. The van der Waals surface area contributed by atoms with Gasteiger partial charge in [-0.3, -0.25) is 0 Å². The summed E-state index contributed by atoms with van der Waals surface area (Å²) in [7, 11) is 0. The zero-order valence-electron chi connectivity index (χ0n) is 11.2. The van der Waals surface area contributed by atoms with Crippen LogP contribution in [0.1, 0.15) is 27.2 Å². The topological polar surface area (TPSA) is 45.2 Å². The first kappa shape index (κ1) is 12.7. The number of phenols is 1. The molecule has 2 rings (SSSR count). The van der Waals surface area contributed by atoms with Gasteiger partial charge < -0.3 is 10.4 Å². The van der Waals surface area contributed by atoms with Crippen LogP contribution in [-0.2, 0) is 0 Å². The number of aromatic nitrogens is 1. The van der Waals surface area contributed by atoms with E-state index in [9.17, 15) is 5.11 Å². The molecule has 3 heteroatoms. The van der Waals surface area contributed by atoms with Gasteiger partial charge in [-0.05, 0) is 35.4 Å². The third-order valence-electron chi connectivity index (χ3n) is 3.44. The Bertz CT molecular complexity index is 549. The average Bonchev–Trinajstić information content (AvgIpc) is 2.36. The van der Waals surface area contributed by atoms with Gasteiger partial charge in [-0.1, -0.05) is 26.8 Å². The lowest BCUT2D eigenvalue weighted by atomic mass is 9.90. The van der Waals surface area contributed by atoms with Crippen molar-refractivity contribution in [3.63, 3.8) is 0 Å².